The third-order valence-electron chi connectivity index (χ3n) is 2.41. The Morgan fingerprint density at radius 3 is 2.13 bits per heavy atom. The molecule has 0 saturated carbocycles. The zero-order valence-corrected chi connectivity index (χ0v) is 9.03. The number of hydrogen-bond donors (Lipinski definition) is 0. The fourth-order valence-electron chi connectivity index (χ4n) is 1.46. The Labute approximate surface area is 99.3 Å². The molecule has 2 rings (SSSR count). The second-order valence-electron chi connectivity index (χ2n) is 3.63. The average Bonchev–Trinajstić information content (AvgIpc) is 2.24. The monoisotopic (exact) mass is 190 g/mol. The normalized spacial score (nSPS) is 10.1. The first kappa shape index (κ1) is 10.4. The van der Waals surface area contributed by atoms with Gasteiger partial charge >= 0.3 is 99.2 Å². The minimum atomic E-state index is 0.923. The van der Waals surface area contributed by atoms with Crippen LogP contribution in [0.5, 0.6) is 11.5 Å². The van der Waals surface area contributed by atoms with Crippen LogP contribution in [0.2, 0.25) is 0 Å². The van der Waals surface area contributed by atoms with Gasteiger partial charge in [0.15, 0.2) is 0 Å². The van der Waals surface area contributed by atoms with E-state index in [0.717, 1.165) is 21.3 Å². The van der Waals surface area contributed by atoms with E-state index in [2.05, 4.69) is 0 Å². The molecule has 0 radical (unpaired) electrons. The number of hydrogen-bond acceptors (Lipinski definition) is 1. The van der Waals surface area contributed by atoms with Gasteiger partial charge in [-0.2, -0.15) is 0 Å². The van der Waals surface area contributed by atoms with Gasteiger partial charge in [0, 0.05) is 0 Å². The van der Waals surface area contributed by atoms with Crippen LogP contribution in [0.1, 0.15) is 5.56 Å². The maximum atomic E-state index is 5.84. The first-order valence-corrected chi connectivity index (χ1v) is 5.06. The van der Waals surface area contributed by atoms with E-state index in [1.807, 2.05) is 73.2 Å². The Morgan fingerprint density at radius 1 is 0.867 bits per heavy atom. The van der Waals surface area contributed by atoms with Gasteiger partial charge in [-0.15, -0.1) is 0 Å². The molecule has 0 bridgehead atoms. The fraction of sp³-hybridized carbons (Fsp3) is 0.0769. The SMILES string of the molecule is [Li][c]1ccccc1Oc1ccccc1C. The van der Waals surface area contributed by atoms with E-state index in [0.29, 0.717) is 0 Å². The quantitative estimate of drug-likeness (QED) is 0.661. The minimum absolute atomic E-state index is 0.923. The summed E-state index contributed by atoms with van der Waals surface area (Å²) in [4.78, 5) is 0. The molecule has 70 valence electrons. The predicted octanol–water partition coefficient (Wildman–Crippen LogP) is 2.58. The molecular formula is C13H11LiO. The van der Waals surface area contributed by atoms with Crippen LogP contribution in [-0.4, -0.2) is 17.7 Å². The van der Waals surface area contributed by atoms with Gasteiger partial charge in [-0.3, -0.25) is 0 Å². The van der Waals surface area contributed by atoms with Crippen molar-refractivity contribution in [2.75, 3.05) is 0 Å². The molecule has 0 aliphatic carbocycles. The zero-order chi connectivity index (χ0) is 10.7. The van der Waals surface area contributed by atoms with Crippen LogP contribution < -0.4 is 8.97 Å². The fourth-order valence-corrected chi connectivity index (χ4v) is 1.46. The molecule has 0 unspecified atom stereocenters. The Hall–Kier alpha value is -1.16. The van der Waals surface area contributed by atoms with Crippen LogP contribution in [0.4, 0.5) is 0 Å². The summed E-state index contributed by atoms with van der Waals surface area (Å²) < 4.78 is 6.99. The molecule has 0 spiro atoms. The Morgan fingerprint density at radius 2 is 1.47 bits per heavy atom. The molecule has 2 aromatic rings. The topological polar surface area (TPSA) is 9.23 Å². The van der Waals surface area contributed by atoms with Gasteiger partial charge in [0.25, 0.3) is 0 Å². The summed E-state index contributed by atoms with van der Waals surface area (Å²) in [5, 5.41) is 0. The Bertz CT molecular complexity index is 422. The molecule has 0 atom stereocenters. The van der Waals surface area contributed by atoms with Crippen molar-refractivity contribution in [1.82, 2.24) is 0 Å². The van der Waals surface area contributed by atoms with Crippen molar-refractivity contribution in [1.29, 1.82) is 0 Å². The van der Waals surface area contributed by atoms with Gasteiger partial charge < -0.3 is 0 Å². The van der Waals surface area contributed by atoms with Gasteiger partial charge in [-0.25, -0.2) is 0 Å². The Balaban J connectivity index is 2.30. The molecule has 0 aliphatic rings. The number of para-hydroxylation sites is 2. The second kappa shape index (κ2) is 4.57. The molecule has 0 saturated heterocycles. The van der Waals surface area contributed by atoms with Crippen molar-refractivity contribution in [3.8, 4) is 11.5 Å². The molecule has 2 aromatic carbocycles. The van der Waals surface area contributed by atoms with E-state index in [1.165, 1.54) is 0 Å². The van der Waals surface area contributed by atoms with E-state index in [1.54, 1.807) is 0 Å². The molecule has 0 N–H and O–H groups in total. The summed E-state index contributed by atoms with van der Waals surface area (Å²) in [6.45, 7) is 2.05. The van der Waals surface area contributed by atoms with Gasteiger partial charge in [0.1, 0.15) is 0 Å². The molecule has 0 amide bonds. The predicted molar refractivity (Wildman–Crippen MR) is 63.1 cm³/mol. The van der Waals surface area contributed by atoms with Crippen molar-refractivity contribution in [3.05, 3.63) is 54.1 Å². The van der Waals surface area contributed by atoms with Crippen LogP contribution in [0.25, 0.3) is 0 Å². The van der Waals surface area contributed by atoms with Crippen LogP contribution in [-0.2, 0) is 0 Å². The molecular weight excluding hydrogens is 179 g/mol. The van der Waals surface area contributed by atoms with Crippen molar-refractivity contribution in [3.63, 3.8) is 0 Å². The van der Waals surface area contributed by atoms with E-state index in [-0.39, 0.29) is 0 Å². The summed E-state index contributed by atoms with van der Waals surface area (Å²) in [6.07, 6.45) is 0. The van der Waals surface area contributed by atoms with Gasteiger partial charge in [0.05, 0.1) is 0 Å². The summed E-state index contributed by atoms with van der Waals surface area (Å²) in [6, 6.07) is 16.1. The summed E-state index contributed by atoms with van der Waals surface area (Å²) >= 11 is 2.05. The molecule has 0 heterocycles. The molecule has 15 heavy (non-hydrogen) atoms. The van der Waals surface area contributed by atoms with Gasteiger partial charge in [-0.05, 0) is 0 Å². The van der Waals surface area contributed by atoms with Crippen LogP contribution in [0.15, 0.2) is 48.5 Å². The van der Waals surface area contributed by atoms with E-state index in [9.17, 15) is 0 Å². The molecule has 0 aromatic heterocycles. The van der Waals surface area contributed by atoms with Crippen molar-refractivity contribution < 1.29 is 4.74 Å². The van der Waals surface area contributed by atoms with Gasteiger partial charge in [0.2, 0.25) is 0 Å². The molecule has 2 heteroatoms. The third-order valence-corrected chi connectivity index (χ3v) is 2.41. The van der Waals surface area contributed by atoms with Gasteiger partial charge in [-0.1, -0.05) is 0 Å². The van der Waals surface area contributed by atoms with Crippen molar-refractivity contribution in [2.24, 2.45) is 0 Å². The Kier molecular flexibility index (Phi) is 3.16. The summed E-state index contributed by atoms with van der Waals surface area (Å²) in [7, 11) is 0. The zero-order valence-electron chi connectivity index (χ0n) is 9.03. The van der Waals surface area contributed by atoms with E-state index in [4.69, 9.17) is 4.74 Å². The number of rotatable bonds is 2. The first-order chi connectivity index (χ1) is 7.27. The van der Waals surface area contributed by atoms with Crippen molar-refractivity contribution in [2.45, 2.75) is 6.92 Å². The van der Waals surface area contributed by atoms with Crippen molar-refractivity contribution >= 4 is 22.0 Å². The maximum absolute atomic E-state index is 5.84. The average molecular weight is 190 g/mol. The van der Waals surface area contributed by atoms with E-state index < -0.39 is 0 Å². The summed E-state index contributed by atoms with van der Waals surface area (Å²) in [5.74, 6) is 1.85. The standard InChI is InChI=1S/C13H11O.Li/c1-11-7-5-6-10-13(11)14-12-8-3-2-4-9-12;/h2-8,10H,1H3;. The molecule has 0 fully saturated rings. The second-order valence-corrected chi connectivity index (χ2v) is 3.63. The van der Waals surface area contributed by atoms with Crippen LogP contribution >= 0.6 is 0 Å². The molecule has 1 nitrogen and oxygen atoms in total. The van der Waals surface area contributed by atoms with E-state index >= 15 is 0 Å². The van der Waals surface area contributed by atoms with Crippen LogP contribution in [0.3, 0.4) is 0 Å². The number of ether oxygens (including phenoxy) is 1. The van der Waals surface area contributed by atoms with Crippen LogP contribution in [0, 0.1) is 6.92 Å². The number of aryl methyl sites for hydroxylation is 1. The molecule has 0 aliphatic heterocycles. The third kappa shape index (κ3) is 2.44. The number of benzene rings is 2. The summed E-state index contributed by atoms with van der Waals surface area (Å²) in [5.41, 5.74) is 1.15. The first-order valence-electron chi connectivity index (χ1n) is 5.06.